The molecule has 0 amide bonds. The van der Waals surface area contributed by atoms with Crippen molar-refractivity contribution < 1.29 is 13.6 Å². The van der Waals surface area contributed by atoms with Gasteiger partial charge in [-0.1, -0.05) is 12.8 Å². The van der Waals surface area contributed by atoms with E-state index in [-0.39, 0.29) is 24.2 Å². The molecule has 1 aromatic rings. The molecule has 0 spiro atoms. The lowest BCUT2D eigenvalue weighted by atomic mass is 9.90. The van der Waals surface area contributed by atoms with Crippen molar-refractivity contribution in [3.8, 4) is 0 Å². The van der Waals surface area contributed by atoms with Gasteiger partial charge in [-0.15, -0.1) is 0 Å². The second kappa shape index (κ2) is 5.14. The SMILES string of the molecule is NC1(CC(=O)Cc2cc(F)ccc2F)CCCC1. The quantitative estimate of drug-likeness (QED) is 0.896. The Balaban J connectivity index is 2.00. The summed E-state index contributed by atoms with van der Waals surface area (Å²) in [5.74, 6) is -1.19. The van der Waals surface area contributed by atoms with Crippen LogP contribution in [0.4, 0.5) is 8.78 Å². The Morgan fingerprint density at radius 2 is 1.94 bits per heavy atom. The van der Waals surface area contributed by atoms with E-state index in [1.54, 1.807) is 0 Å². The summed E-state index contributed by atoms with van der Waals surface area (Å²) in [6, 6.07) is 3.17. The maximum atomic E-state index is 13.4. The number of carbonyl (C=O) groups excluding carboxylic acids is 1. The number of rotatable bonds is 4. The van der Waals surface area contributed by atoms with Crippen molar-refractivity contribution >= 4 is 5.78 Å². The lowest BCUT2D eigenvalue weighted by Crippen LogP contribution is -2.39. The van der Waals surface area contributed by atoms with E-state index in [4.69, 9.17) is 5.73 Å². The number of hydrogen-bond acceptors (Lipinski definition) is 2. The summed E-state index contributed by atoms with van der Waals surface area (Å²) in [5, 5.41) is 0. The molecule has 18 heavy (non-hydrogen) atoms. The first kappa shape index (κ1) is 13.1. The van der Waals surface area contributed by atoms with Crippen LogP contribution in [0.15, 0.2) is 18.2 Å². The molecule has 1 fully saturated rings. The predicted octanol–water partition coefficient (Wildman–Crippen LogP) is 2.74. The largest absolute Gasteiger partial charge is 0.325 e. The Labute approximate surface area is 105 Å². The molecule has 0 atom stereocenters. The van der Waals surface area contributed by atoms with Crippen molar-refractivity contribution in [2.75, 3.05) is 0 Å². The average molecular weight is 253 g/mol. The van der Waals surface area contributed by atoms with Crippen molar-refractivity contribution in [1.82, 2.24) is 0 Å². The molecule has 2 N–H and O–H groups in total. The Morgan fingerprint density at radius 1 is 1.28 bits per heavy atom. The Bertz CT molecular complexity index is 453. The van der Waals surface area contributed by atoms with Crippen molar-refractivity contribution in [3.63, 3.8) is 0 Å². The van der Waals surface area contributed by atoms with E-state index in [1.807, 2.05) is 0 Å². The minimum Gasteiger partial charge on any atom is -0.325 e. The zero-order valence-electron chi connectivity index (χ0n) is 10.2. The zero-order chi connectivity index (χ0) is 13.2. The summed E-state index contributed by atoms with van der Waals surface area (Å²) < 4.78 is 26.4. The molecule has 4 heteroatoms. The van der Waals surface area contributed by atoms with Crippen LogP contribution in [0.3, 0.4) is 0 Å². The Kier molecular flexibility index (Phi) is 3.76. The standard InChI is InChI=1S/C14H17F2NO/c15-11-3-4-13(16)10(7-11)8-12(18)9-14(17)5-1-2-6-14/h3-4,7H,1-2,5-6,8-9,17H2. The van der Waals surface area contributed by atoms with Gasteiger partial charge in [-0.2, -0.15) is 0 Å². The third kappa shape index (κ3) is 3.13. The lowest BCUT2D eigenvalue weighted by Gasteiger charge is -2.22. The molecular formula is C14H17F2NO. The number of Topliss-reactive ketones (excluding diaryl/α,β-unsaturated/α-hetero) is 1. The van der Waals surface area contributed by atoms with Gasteiger partial charge in [0.1, 0.15) is 17.4 Å². The van der Waals surface area contributed by atoms with Crippen LogP contribution in [0.1, 0.15) is 37.7 Å². The van der Waals surface area contributed by atoms with E-state index in [0.717, 1.165) is 43.9 Å². The third-order valence-electron chi connectivity index (χ3n) is 3.54. The van der Waals surface area contributed by atoms with Crippen molar-refractivity contribution in [2.24, 2.45) is 5.73 Å². The van der Waals surface area contributed by atoms with E-state index in [0.29, 0.717) is 0 Å². The van der Waals surface area contributed by atoms with Gasteiger partial charge in [0.05, 0.1) is 0 Å². The summed E-state index contributed by atoms with van der Waals surface area (Å²) in [6.45, 7) is 0. The topological polar surface area (TPSA) is 43.1 Å². The van der Waals surface area contributed by atoms with Gasteiger partial charge in [0.2, 0.25) is 0 Å². The third-order valence-corrected chi connectivity index (χ3v) is 3.54. The van der Waals surface area contributed by atoms with E-state index in [9.17, 15) is 13.6 Å². The van der Waals surface area contributed by atoms with Crippen LogP contribution in [-0.2, 0) is 11.2 Å². The molecule has 0 aliphatic heterocycles. The van der Waals surface area contributed by atoms with Crippen LogP contribution < -0.4 is 5.73 Å². The molecule has 0 unspecified atom stereocenters. The second-order valence-corrected chi connectivity index (χ2v) is 5.20. The van der Waals surface area contributed by atoms with Gasteiger partial charge in [-0.25, -0.2) is 8.78 Å². The summed E-state index contributed by atoms with van der Waals surface area (Å²) in [5.41, 5.74) is 5.78. The predicted molar refractivity (Wildman–Crippen MR) is 65.1 cm³/mol. The minimum absolute atomic E-state index is 0.0808. The fraction of sp³-hybridized carbons (Fsp3) is 0.500. The molecule has 1 aromatic carbocycles. The molecule has 2 rings (SSSR count). The second-order valence-electron chi connectivity index (χ2n) is 5.20. The van der Waals surface area contributed by atoms with E-state index >= 15 is 0 Å². The average Bonchev–Trinajstić information content (AvgIpc) is 2.70. The monoisotopic (exact) mass is 253 g/mol. The van der Waals surface area contributed by atoms with Crippen LogP contribution in [0, 0.1) is 11.6 Å². The highest BCUT2D eigenvalue weighted by molar-refractivity contribution is 5.82. The van der Waals surface area contributed by atoms with Gasteiger partial charge in [-0.3, -0.25) is 4.79 Å². The molecule has 0 saturated heterocycles. The van der Waals surface area contributed by atoms with Crippen LogP contribution in [-0.4, -0.2) is 11.3 Å². The molecular weight excluding hydrogens is 236 g/mol. The highest BCUT2D eigenvalue weighted by Crippen LogP contribution is 2.30. The molecule has 98 valence electrons. The number of ketones is 1. The first-order valence-electron chi connectivity index (χ1n) is 6.23. The molecule has 2 nitrogen and oxygen atoms in total. The van der Waals surface area contributed by atoms with Gasteiger partial charge < -0.3 is 5.73 Å². The van der Waals surface area contributed by atoms with Crippen molar-refractivity contribution in [1.29, 1.82) is 0 Å². The lowest BCUT2D eigenvalue weighted by molar-refractivity contribution is -0.119. The zero-order valence-corrected chi connectivity index (χ0v) is 10.2. The van der Waals surface area contributed by atoms with Gasteiger partial charge in [0, 0.05) is 18.4 Å². The van der Waals surface area contributed by atoms with Crippen molar-refractivity contribution in [2.45, 2.75) is 44.1 Å². The van der Waals surface area contributed by atoms with E-state index in [2.05, 4.69) is 0 Å². The smallest absolute Gasteiger partial charge is 0.139 e. The first-order valence-corrected chi connectivity index (χ1v) is 6.23. The first-order chi connectivity index (χ1) is 8.48. The molecule has 0 bridgehead atoms. The summed E-state index contributed by atoms with van der Waals surface area (Å²) in [6.07, 6.45) is 3.93. The van der Waals surface area contributed by atoms with Crippen LogP contribution in [0.2, 0.25) is 0 Å². The number of carbonyl (C=O) groups is 1. The molecule has 1 aliphatic rings. The minimum atomic E-state index is -0.540. The molecule has 0 radical (unpaired) electrons. The normalized spacial score (nSPS) is 17.9. The van der Waals surface area contributed by atoms with Crippen molar-refractivity contribution in [3.05, 3.63) is 35.4 Å². The molecule has 1 aliphatic carbocycles. The van der Waals surface area contributed by atoms with Gasteiger partial charge in [0.15, 0.2) is 0 Å². The molecule has 0 heterocycles. The maximum Gasteiger partial charge on any atom is 0.139 e. The van der Waals surface area contributed by atoms with Crippen LogP contribution >= 0.6 is 0 Å². The van der Waals surface area contributed by atoms with E-state index < -0.39 is 17.2 Å². The molecule has 1 saturated carbocycles. The number of nitrogens with two attached hydrogens (primary N) is 1. The highest BCUT2D eigenvalue weighted by atomic mass is 19.1. The summed E-state index contributed by atoms with van der Waals surface area (Å²) >= 11 is 0. The fourth-order valence-corrected chi connectivity index (χ4v) is 2.60. The van der Waals surface area contributed by atoms with E-state index in [1.165, 1.54) is 0 Å². The fourth-order valence-electron chi connectivity index (χ4n) is 2.60. The highest BCUT2D eigenvalue weighted by Gasteiger charge is 2.31. The van der Waals surface area contributed by atoms with Crippen LogP contribution in [0.5, 0.6) is 0 Å². The number of hydrogen-bond donors (Lipinski definition) is 1. The van der Waals surface area contributed by atoms with Gasteiger partial charge in [-0.05, 0) is 36.6 Å². The summed E-state index contributed by atoms with van der Waals surface area (Å²) in [7, 11) is 0. The van der Waals surface area contributed by atoms with Crippen LogP contribution in [0.25, 0.3) is 0 Å². The Morgan fingerprint density at radius 3 is 2.61 bits per heavy atom. The molecule has 0 aromatic heterocycles. The maximum absolute atomic E-state index is 13.4. The Hall–Kier alpha value is -1.29. The van der Waals surface area contributed by atoms with Gasteiger partial charge >= 0.3 is 0 Å². The summed E-state index contributed by atoms with van der Waals surface area (Å²) in [4.78, 5) is 11.9. The van der Waals surface area contributed by atoms with Gasteiger partial charge in [0.25, 0.3) is 0 Å². The number of benzene rings is 1. The number of halogens is 2.